The topological polar surface area (TPSA) is 38.7 Å². The Morgan fingerprint density at radius 3 is 2.90 bits per heavy atom. The lowest BCUT2D eigenvalue weighted by Gasteiger charge is -1.96. The van der Waals surface area contributed by atoms with Crippen LogP contribution in [0.1, 0.15) is 6.92 Å². The molecule has 0 aromatic carbocycles. The van der Waals surface area contributed by atoms with Gasteiger partial charge in [-0.25, -0.2) is 4.79 Å². The van der Waals surface area contributed by atoms with Gasteiger partial charge in [0.2, 0.25) is 0 Å². The van der Waals surface area contributed by atoms with Crippen molar-refractivity contribution >= 4 is 23.3 Å². The zero-order valence-electron chi connectivity index (χ0n) is 5.59. The Labute approximate surface area is 64.4 Å². The van der Waals surface area contributed by atoms with E-state index in [2.05, 4.69) is 33.7 Å². The molecule has 10 heavy (non-hydrogen) atoms. The molecule has 4 heteroatoms. The molecule has 0 aliphatic heterocycles. The Balaban J connectivity index is 3.60. The average Bonchev–Trinajstić information content (AvgIpc) is 1.88. The maximum absolute atomic E-state index is 10.6. The quantitative estimate of drug-likeness (QED) is 0.267. The molecule has 3 nitrogen and oxygen atoms in total. The second-order valence-electron chi connectivity index (χ2n) is 1.59. The first-order chi connectivity index (χ1) is 4.68. The molecule has 0 unspecified atom stereocenters. The molecule has 0 bridgehead atoms. The third-order valence-electron chi connectivity index (χ3n) is 0.673. The van der Waals surface area contributed by atoms with Gasteiger partial charge >= 0.3 is 5.97 Å². The van der Waals surface area contributed by atoms with Gasteiger partial charge in [0.15, 0.2) is 6.73 Å². The SMILES string of the molecule is C=C(C)C(=O)OCN=C=S. The first-order valence-electron chi connectivity index (χ1n) is 2.54. The largest absolute Gasteiger partial charge is 0.438 e. The number of carbonyl (C=O) groups excluding carboxylic acids is 1. The highest BCUT2D eigenvalue weighted by Crippen LogP contribution is 1.90. The standard InChI is InChI=1S/C6H7NO2S/c1-5(2)6(8)9-3-7-4-10/h1,3H2,2H3. The summed E-state index contributed by atoms with van der Waals surface area (Å²) in [6, 6.07) is 0. The Morgan fingerprint density at radius 2 is 2.50 bits per heavy atom. The van der Waals surface area contributed by atoms with E-state index in [4.69, 9.17) is 0 Å². The van der Waals surface area contributed by atoms with Crippen LogP contribution < -0.4 is 0 Å². The Bertz CT molecular complexity index is 194. The number of aliphatic imine (C=N–C) groups is 1. The predicted molar refractivity (Wildman–Crippen MR) is 40.8 cm³/mol. The van der Waals surface area contributed by atoms with E-state index < -0.39 is 5.97 Å². The minimum absolute atomic E-state index is 0.0742. The Hall–Kier alpha value is -0.990. The molecule has 0 atom stereocenters. The minimum Gasteiger partial charge on any atom is -0.438 e. The van der Waals surface area contributed by atoms with Gasteiger partial charge in [-0.3, -0.25) is 0 Å². The van der Waals surface area contributed by atoms with Crippen LogP contribution >= 0.6 is 12.2 Å². The highest BCUT2D eigenvalue weighted by molar-refractivity contribution is 7.78. The van der Waals surface area contributed by atoms with Gasteiger partial charge in [-0.05, 0) is 19.1 Å². The van der Waals surface area contributed by atoms with Gasteiger partial charge in [0, 0.05) is 5.57 Å². The minimum atomic E-state index is -0.464. The fraction of sp³-hybridized carbons (Fsp3) is 0.333. The molecule has 54 valence electrons. The molecule has 0 spiro atoms. The van der Waals surface area contributed by atoms with E-state index >= 15 is 0 Å². The number of esters is 1. The summed E-state index contributed by atoms with van der Waals surface area (Å²) in [7, 11) is 0. The number of hydrogen-bond donors (Lipinski definition) is 0. The van der Waals surface area contributed by atoms with Crippen LogP contribution in [0.3, 0.4) is 0 Å². The van der Waals surface area contributed by atoms with Crippen LogP contribution in [-0.2, 0) is 9.53 Å². The predicted octanol–water partition coefficient (Wildman–Crippen LogP) is 1.17. The van der Waals surface area contributed by atoms with Crippen molar-refractivity contribution in [2.45, 2.75) is 6.92 Å². The van der Waals surface area contributed by atoms with E-state index in [9.17, 15) is 4.79 Å². The summed E-state index contributed by atoms with van der Waals surface area (Å²) in [6.45, 7) is 4.86. The normalized spacial score (nSPS) is 7.70. The number of carbonyl (C=O) groups is 1. The van der Waals surface area contributed by atoms with Gasteiger partial charge in [0.1, 0.15) is 0 Å². The van der Waals surface area contributed by atoms with Crippen molar-refractivity contribution in [1.29, 1.82) is 0 Å². The van der Waals surface area contributed by atoms with E-state index in [-0.39, 0.29) is 6.73 Å². The summed E-state index contributed by atoms with van der Waals surface area (Å²) in [6.07, 6.45) is 0. The molecule has 0 saturated heterocycles. The fourth-order valence-electron chi connectivity index (χ4n) is 0.240. The molecule has 0 aliphatic rings. The summed E-state index contributed by atoms with van der Waals surface area (Å²) >= 11 is 4.24. The molecule has 0 radical (unpaired) electrons. The van der Waals surface area contributed by atoms with Crippen LogP contribution in [-0.4, -0.2) is 17.9 Å². The molecule has 0 aliphatic carbocycles. The van der Waals surface area contributed by atoms with Crippen molar-refractivity contribution < 1.29 is 9.53 Å². The first kappa shape index (κ1) is 9.01. The van der Waals surface area contributed by atoms with Gasteiger partial charge in [-0.2, -0.15) is 4.99 Å². The molecule has 0 fully saturated rings. The van der Waals surface area contributed by atoms with Crippen LogP contribution in [0.5, 0.6) is 0 Å². The van der Waals surface area contributed by atoms with Crippen molar-refractivity contribution in [1.82, 2.24) is 0 Å². The first-order valence-corrected chi connectivity index (χ1v) is 2.95. The maximum Gasteiger partial charge on any atom is 0.334 e. The second kappa shape index (κ2) is 4.85. The van der Waals surface area contributed by atoms with E-state index in [1.807, 2.05) is 0 Å². The molecule has 0 aromatic heterocycles. The lowest BCUT2D eigenvalue weighted by Crippen LogP contribution is -2.04. The third kappa shape index (κ3) is 3.95. The molecular weight excluding hydrogens is 150 g/mol. The highest BCUT2D eigenvalue weighted by atomic mass is 32.1. The number of isothiocyanates is 1. The van der Waals surface area contributed by atoms with Crippen LogP contribution in [0.2, 0.25) is 0 Å². The number of ether oxygens (including phenoxy) is 1. The van der Waals surface area contributed by atoms with Gasteiger partial charge < -0.3 is 4.74 Å². The van der Waals surface area contributed by atoms with Crippen LogP contribution in [0.15, 0.2) is 17.1 Å². The molecule has 0 rings (SSSR count). The summed E-state index contributed by atoms with van der Waals surface area (Å²) in [5, 5.41) is 2.06. The fourth-order valence-corrected chi connectivity index (χ4v) is 0.293. The van der Waals surface area contributed by atoms with Crippen molar-refractivity contribution in [3.63, 3.8) is 0 Å². The van der Waals surface area contributed by atoms with Crippen LogP contribution in [0.4, 0.5) is 0 Å². The molecule has 0 aromatic rings. The Morgan fingerprint density at radius 1 is 1.90 bits per heavy atom. The average molecular weight is 157 g/mol. The summed E-state index contributed by atoms with van der Waals surface area (Å²) < 4.78 is 4.51. The number of hydrogen-bond acceptors (Lipinski definition) is 4. The number of rotatable bonds is 3. The monoisotopic (exact) mass is 157 g/mol. The number of thiocarbonyl (C=S) groups is 1. The van der Waals surface area contributed by atoms with E-state index in [1.165, 1.54) is 0 Å². The van der Waals surface area contributed by atoms with Gasteiger partial charge in [0.25, 0.3) is 0 Å². The van der Waals surface area contributed by atoms with Crippen molar-refractivity contribution in [2.24, 2.45) is 4.99 Å². The maximum atomic E-state index is 10.6. The van der Waals surface area contributed by atoms with Crippen molar-refractivity contribution in [3.05, 3.63) is 12.2 Å². The number of nitrogens with zero attached hydrogens (tertiary/aromatic N) is 1. The molecule has 0 saturated carbocycles. The molecule has 0 amide bonds. The summed E-state index contributed by atoms with van der Waals surface area (Å²) in [5.74, 6) is -0.464. The zero-order chi connectivity index (χ0) is 7.98. The third-order valence-corrected chi connectivity index (χ3v) is 0.802. The molecule has 0 heterocycles. The zero-order valence-corrected chi connectivity index (χ0v) is 6.40. The van der Waals surface area contributed by atoms with E-state index in [0.717, 1.165) is 0 Å². The smallest absolute Gasteiger partial charge is 0.334 e. The van der Waals surface area contributed by atoms with E-state index in [0.29, 0.717) is 5.57 Å². The lowest BCUT2D eigenvalue weighted by atomic mass is 10.4. The summed E-state index contributed by atoms with van der Waals surface area (Å²) in [5.41, 5.74) is 0.347. The van der Waals surface area contributed by atoms with Gasteiger partial charge in [0.05, 0.1) is 5.16 Å². The molecular formula is C6H7NO2S. The summed E-state index contributed by atoms with van der Waals surface area (Å²) in [4.78, 5) is 13.9. The van der Waals surface area contributed by atoms with Crippen LogP contribution in [0, 0.1) is 0 Å². The van der Waals surface area contributed by atoms with Crippen LogP contribution in [0.25, 0.3) is 0 Å². The van der Waals surface area contributed by atoms with Crippen molar-refractivity contribution in [3.8, 4) is 0 Å². The second-order valence-corrected chi connectivity index (χ2v) is 1.77. The van der Waals surface area contributed by atoms with E-state index in [1.54, 1.807) is 6.92 Å². The highest BCUT2D eigenvalue weighted by Gasteiger charge is 1.99. The Kier molecular flexibility index (Phi) is 4.37. The lowest BCUT2D eigenvalue weighted by molar-refractivity contribution is -0.138. The van der Waals surface area contributed by atoms with Gasteiger partial charge in [-0.1, -0.05) is 6.58 Å². The van der Waals surface area contributed by atoms with Gasteiger partial charge in [-0.15, -0.1) is 0 Å². The van der Waals surface area contributed by atoms with Crippen molar-refractivity contribution in [2.75, 3.05) is 6.73 Å². The molecule has 0 N–H and O–H groups in total.